The number of benzene rings is 1. The molecule has 1 atom stereocenters. The molecule has 1 nitrogen and oxygen atoms in total. The highest BCUT2D eigenvalue weighted by Gasteiger charge is 2.29. The average molecular weight is 340 g/mol. The molecule has 0 fully saturated rings. The van der Waals surface area contributed by atoms with Gasteiger partial charge in [0.05, 0.1) is 13.8 Å². The highest BCUT2D eigenvalue weighted by Crippen LogP contribution is 2.35. The molecule has 0 aliphatic carbocycles. The fraction of sp³-hybridized carbons (Fsp3) is 0.500. The van der Waals surface area contributed by atoms with Gasteiger partial charge in [0.15, 0.2) is 0 Å². The maximum Gasteiger partial charge on any atom is 0.0799 e. The maximum absolute atomic E-state index is 4.86. The summed E-state index contributed by atoms with van der Waals surface area (Å²) < 4.78 is 0. The van der Waals surface area contributed by atoms with Crippen LogP contribution in [0.25, 0.3) is 11.3 Å². The van der Waals surface area contributed by atoms with Crippen LogP contribution in [0.1, 0.15) is 50.3 Å². The van der Waals surface area contributed by atoms with Crippen molar-refractivity contribution in [3.63, 3.8) is 0 Å². The zero-order valence-corrected chi connectivity index (χ0v) is 17.9. The molecular formula is C22H33NSi. The summed E-state index contributed by atoms with van der Waals surface area (Å²) in [5.74, 6) is 0.506. The zero-order valence-electron chi connectivity index (χ0n) is 16.9. The predicted octanol–water partition coefficient (Wildman–Crippen LogP) is 6.06. The number of pyridine rings is 1. The molecule has 0 radical (unpaired) electrons. The van der Waals surface area contributed by atoms with Gasteiger partial charge in [-0.2, -0.15) is 0 Å². The Morgan fingerprint density at radius 3 is 1.92 bits per heavy atom. The molecule has 1 heterocycles. The Morgan fingerprint density at radius 2 is 1.46 bits per heavy atom. The molecule has 130 valence electrons. The first-order valence-electron chi connectivity index (χ1n) is 8.98. The summed E-state index contributed by atoms with van der Waals surface area (Å²) in [6.07, 6.45) is 2.16. The van der Waals surface area contributed by atoms with Crippen molar-refractivity contribution < 1.29 is 0 Å². The van der Waals surface area contributed by atoms with Crippen molar-refractivity contribution in [2.24, 2.45) is 5.41 Å². The molecule has 0 N–H and O–H groups in total. The molecule has 0 aliphatic rings. The summed E-state index contributed by atoms with van der Waals surface area (Å²) in [5.41, 5.74) is 6.67. The summed E-state index contributed by atoms with van der Waals surface area (Å²) >= 11 is 0. The minimum Gasteiger partial charge on any atom is -0.256 e. The van der Waals surface area contributed by atoms with E-state index in [0.29, 0.717) is 5.92 Å². The van der Waals surface area contributed by atoms with Crippen LogP contribution in [0.3, 0.4) is 0 Å². The molecule has 1 unspecified atom stereocenters. The second kappa shape index (κ2) is 6.48. The van der Waals surface area contributed by atoms with Crippen molar-refractivity contribution in [2.75, 3.05) is 0 Å². The molecule has 1 aromatic carbocycles. The summed E-state index contributed by atoms with van der Waals surface area (Å²) in [4.78, 5) is 4.86. The molecule has 2 rings (SSSR count). The van der Waals surface area contributed by atoms with Crippen LogP contribution in [0.5, 0.6) is 0 Å². The lowest BCUT2D eigenvalue weighted by atomic mass is 9.78. The first-order chi connectivity index (χ1) is 10.9. The topological polar surface area (TPSA) is 12.9 Å². The monoisotopic (exact) mass is 339 g/mol. The molecule has 0 aliphatic heterocycles. The van der Waals surface area contributed by atoms with Crippen LogP contribution in [-0.2, 0) is 0 Å². The van der Waals surface area contributed by atoms with Crippen LogP contribution >= 0.6 is 0 Å². The first kappa shape index (κ1) is 18.9. The SMILES string of the molecule is Cc1cc(C)cc(-c2cc(C(C)C(C)(C)C)c([Si](C)(C)C)cn2)c1. The fourth-order valence-electron chi connectivity index (χ4n) is 3.20. The predicted molar refractivity (Wildman–Crippen MR) is 110 cm³/mol. The van der Waals surface area contributed by atoms with Crippen LogP contribution in [0.15, 0.2) is 30.5 Å². The van der Waals surface area contributed by atoms with E-state index < -0.39 is 8.07 Å². The van der Waals surface area contributed by atoms with Gasteiger partial charge in [0.2, 0.25) is 0 Å². The van der Waals surface area contributed by atoms with Crippen molar-refractivity contribution in [3.8, 4) is 11.3 Å². The number of nitrogens with zero attached hydrogens (tertiary/aromatic N) is 1. The van der Waals surface area contributed by atoms with Crippen molar-refractivity contribution >= 4 is 13.3 Å². The van der Waals surface area contributed by atoms with Crippen LogP contribution in [0.4, 0.5) is 0 Å². The normalized spacial score (nSPS) is 13.9. The lowest BCUT2D eigenvalue weighted by molar-refractivity contribution is 0.340. The third kappa shape index (κ3) is 4.16. The minimum atomic E-state index is -1.43. The van der Waals surface area contributed by atoms with E-state index in [9.17, 15) is 0 Å². The molecule has 0 amide bonds. The Morgan fingerprint density at radius 1 is 0.917 bits per heavy atom. The van der Waals surface area contributed by atoms with Gasteiger partial charge < -0.3 is 0 Å². The quantitative estimate of drug-likeness (QED) is 0.619. The number of aryl methyl sites for hydroxylation is 2. The largest absolute Gasteiger partial charge is 0.256 e. The summed E-state index contributed by atoms with van der Waals surface area (Å²) in [5, 5.41) is 1.50. The van der Waals surface area contributed by atoms with E-state index in [4.69, 9.17) is 4.98 Å². The zero-order chi connectivity index (χ0) is 18.3. The van der Waals surface area contributed by atoms with E-state index in [1.807, 2.05) is 0 Å². The van der Waals surface area contributed by atoms with Gasteiger partial charge >= 0.3 is 0 Å². The molecular weight excluding hydrogens is 306 g/mol. The molecule has 0 spiro atoms. The molecule has 0 saturated heterocycles. The third-order valence-electron chi connectivity index (χ3n) is 5.03. The Hall–Kier alpha value is -1.41. The standard InChI is InChI=1S/C22H33NSi/c1-15-10-16(2)12-18(11-15)20-13-19(17(3)22(4,5)6)21(14-23-20)24(7,8)9/h10-14,17H,1-9H3. The number of hydrogen-bond acceptors (Lipinski definition) is 1. The molecule has 24 heavy (non-hydrogen) atoms. The molecule has 0 saturated carbocycles. The second-order valence-corrected chi connectivity index (χ2v) is 14.4. The Balaban J connectivity index is 2.66. The van der Waals surface area contributed by atoms with Crippen molar-refractivity contribution in [2.45, 2.75) is 67.1 Å². The van der Waals surface area contributed by atoms with Gasteiger partial charge in [-0.05, 0) is 54.1 Å². The maximum atomic E-state index is 4.86. The second-order valence-electron chi connectivity index (χ2n) is 9.37. The van der Waals surface area contributed by atoms with Crippen molar-refractivity contribution in [3.05, 3.63) is 47.2 Å². The van der Waals surface area contributed by atoms with E-state index >= 15 is 0 Å². The van der Waals surface area contributed by atoms with Gasteiger partial charge in [0.1, 0.15) is 0 Å². The number of aromatic nitrogens is 1. The van der Waals surface area contributed by atoms with Crippen molar-refractivity contribution in [1.29, 1.82) is 0 Å². The Labute approximate surface area is 149 Å². The summed E-state index contributed by atoms with van der Waals surface area (Å²) in [6, 6.07) is 9.07. The smallest absolute Gasteiger partial charge is 0.0799 e. The van der Waals surface area contributed by atoms with Crippen molar-refractivity contribution in [1.82, 2.24) is 4.98 Å². The van der Waals surface area contributed by atoms with Gasteiger partial charge in [-0.25, -0.2) is 0 Å². The molecule has 2 heteroatoms. The van der Waals surface area contributed by atoms with Gasteiger partial charge in [0.25, 0.3) is 0 Å². The van der Waals surface area contributed by atoms with Gasteiger partial charge in [-0.1, -0.05) is 64.5 Å². The Kier molecular flexibility index (Phi) is 5.10. The van der Waals surface area contributed by atoms with E-state index in [2.05, 4.69) is 91.6 Å². The van der Waals surface area contributed by atoms with Crippen LogP contribution in [0.2, 0.25) is 19.6 Å². The molecule has 1 aromatic heterocycles. The van der Waals surface area contributed by atoms with E-state index in [1.165, 1.54) is 27.4 Å². The van der Waals surface area contributed by atoms with Crippen LogP contribution in [-0.4, -0.2) is 13.1 Å². The number of hydrogen-bond donors (Lipinski definition) is 0. The van der Waals surface area contributed by atoms with Crippen LogP contribution in [0, 0.1) is 19.3 Å². The average Bonchev–Trinajstić information content (AvgIpc) is 2.42. The van der Waals surface area contributed by atoms with E-state index in [-0.39, 0.29) is 5.41 Å². The van der Waals surface area contributed by atoms with Gasteiger partial charge in [0, 0.05) is 11.8 Å². The molecule has 0 bridgehead atoms. The van der Waals surface area contributed by atoms with Crippen LogP contribution < -0.4 is 5.19 Å². The number of rotatable bonds is 3. The minimum absolute atomic E-state index is 0.246. The Bertz CT molecular complexity index is 712. The summed E-state index contributed by atoms with van der Waals surface area (Å²) in [6.45, 7) is 20.9. The lowest BCUT2D eigenvalue weighted by Gasteiger charge is -2.32. The molecule has 2 aromatic rings. The third-order valence-corrected chi connectivity index (χ3v) is 7.06. The van der Waals surface area contributed by atoms with Gasteiger partial charge in [-0.3, -0.25) is 4.98 Å². The van der Waals surface area contributed by atoms with E-state index in [0.717, 1.165) is 5.69 Å². The van der Waals surface area contributed by atoms with Gasteiger partial charge in [-0.15, -0.1) is 0 Å². The first-order valence-corrected chi connectivity index (χ1v) is 12.5. The highest BCUT2D eigenvalue weighted by atomic mass is 28.3. The highest BCUT2D eigenvalue weighted by molar-refractivity contribution is 6.89. The fourth-order valence-corrected chi connectivity index (χ4v) is 4.81. The van der Waals surface area contributed by atoms with E-state index in [1.54, 1.807) is 0 Å². The summed E-state index contributed by atoms with van der Waals surface area (Å²) in [7, 11) is -1.43. The lowest BCUT2D eigenvalue weighted by Crippen LogP contribution is -2.42.